The van der Waals surface area contributed by atoms with Crippen molar-refractivity contribution in [3.8, 4) is 0 Å². The molecule has 2 N–H and O–H groups in total. The van der Waals surface area contributed by atoms with Crippen molar-refractivity contribution in [3.05, 3.63) is 17.8 Å². The smallest absolute Gasteiger partial charge is 0.272 e. The second-order valence-corrected chi connectivity index (χ2v) is 4.70. The molecule has 2 rings (SSSR count). The quantitative estimate of drug-likeness (QED) is 0.806. The number of amides is 1. The molecule has 0 saturated heterocycles. The number of rotatable bonds is 6. The number of hydrogen-bond acceptors (Lipinski definition) is 4. The van der Waals surface area contributed by atoms with Crippen LogP contribution in [0.4, 0.5) is 5.82 Å². The summed E-state index contributed by atoms with van der Waals surface area (Å²) < 4.78 is 0. The molecule has 1 aromatic rings. The van der Waals surface area contributed by atoms with Crippen LogP contribution in [0.5, 0.6) is 0 Å². The summed E-state index contributed by atoms with van der Waals surface area (Å²) in [4.78, 5) is 11.9. The normalized spacial score (nSPS) is 21.4. The van der Waals surface area contributed by atoms with Gasteiger partial charge in [-0.2, -0.15) is 0 Å². The molecule has 0 spiro atoms. The average molecular weight is 248 g/mol. The lowest BCUT2D eigenvalue weighted by Crippen LogP contribution is -2.28. The molecule has 2 atom stereocenters. The van der Waals surface area contributed by atoms with E-state index in [4.69, 9.17) is 0 Å². The molecule has 2 unspecified atom stereocenters. The Morgan fingerprint density at radius 3 is 2.83 bits per heavy atom. The Labute approximate surface area is 107 Å². The summed E-state index contributed by atoms with van der Waals surface area (Å²) in [5.41, 5.74) is 0.388. The maximum absolute atomic E-state index is 11.9. The summed E-state index contributed by atoms with van der Waals surface area (Å²) >= 11 is 0. The number of carbonyl (C=O) groups excluding carboxylic acids is 1. The molecule has 1 amide bonds. The van der Waals surface area contributed by atoms with Crippen molar-refractivity contribution >= 4 is 11.7 Å². The standard InChI is InChI=1S/C13H20N4O/c1-3-5-9-8-11(9)15-13(18)10-6-7-12(14-4-2)17-16-10/h6-7,9,11H,3-5,8H2,1-2H3,(H,14,17)(H,15,18). The van der Waals surface area contributed by atoms with Crippen LogP contribution in [0.2, 0.25) is 0 Å². The third-order valence-electron chi connectivity index (χ3n) is 3.15. The van der Waals surface area contributed by atoms with Gasteiger partial charge < -0.3 is 10.6 Å². The summed E-state index contributed by atoms with van der Waals surface area (Å²) in [5, 5.41) is 13.9. The van der Waals surface area contributed by atoms with Gasteiger partial charge in [-0.1, -0.05) is 13.3 Å². The van der Waals surface area contributed by atoms with Crippen LogP contribution in [-0.4, -0.2) is 28.7 Å². The molecule has 1 aliphatic carbocycles. The summed E-state index contributed by atoms with van der Waals surface area (Å²) in [6.45, 7) is 4.95. The maximum Gasteiger partial charge on any atom is 0.272 e. The van der Waals surface area contributed by atoms with Crippen LogP contribution in [0, 0.1) is 5.92 Å². The number of aromatic nitrogens is 2. The number of nitrogens with zero attached hydrogens (tertiary/aromatic N) is 2. The van der Waals surface area contributed by atoms with Crippen LogP contribution in [0.1, 0.15) is 43.6 Å². The van der Waals surface area contributed by atoms with Gasteiger partial charge in [-0.15, -0.1) is 10.2 Å². The van der Waals surface area contributed by atoms with Crippen LogP contribution in [0.3, 0.4) is 0 Å². The van der Waals surface area contributed by atoms with Gasteiger partial charge in [0, 0.05) is 12.6 Å². The predicted octanol–water partition coefficient (Wildman–Crippen LogP) is 1.83. The van der Waals surface area contributed by atoms with Gasteiger partial charge in [-0.3, -0.25) is 4.79 Å². The lowest BCUT2D eigenvalue weighted by atomic mass is 10.2. The van der Waals surface area contributed by atoms with E-state index in [1.807, 2.05) is 6.92 Å². The topological polar surface area (TPSA) is 66.9 Å². The molecule has 1 aromatic heterocycles. The van der Waals surface area contributed by atoms with E-state index >= 15 is 0 Å². The van der Waals surface area contributed by atoms with E-state index in [1.165, 1.54) is 12.8 Å². The minimum absolute atomic E-state index is 0.117. The molecule has 98 valence electrons. The third kappa shape index (κ3) is 3.18. The number of carbonyl (C=O) groups is 1. The first kappa shape index (κ1) is 12.8. The molecule has 1 aliphatic rings. The molecule has 1 fully saturated rings. The van der Waals surface area contributed by atoms with E-state index in [0.717, 1.165) is 13.0 Å². The van der Waals surface area contributed by atoms with Crippen molar-refractivity contribution in [1.82, 2.24) is 15.5 Å². The van der Waals surface area contributed by atoms with Crippen LogP contribution < -0.4 is 10.6 Å². The Balaban J connectivity index is 1.85. The van der Waals surface area contributed by atoms with Gasteiger partial charge in [0.2, 0.25) is 0 Å². The zero-order chi connectivity index (χ0) is 13.0. The monoisotopic (exact) mass is 248 g/mol. The highest BCUT2D eigenvalue weighted by molar-refractivity contribution is 5.92. The van der Waals surface area contributed by atoms with Crippen LogP contribution >= 0.6 is 0 Å². The Morgan fingerprint density at radius 2 is 2.22 bits per heavy atom. The van der Waals surface area contributed by atoms with E-state index in [9.17, 15) is 4.79 Å². The largest absolute Gasteiger partial charge is 0.369 e. The second kappa shape index (κ2) is 5.80. The zero-order valence-corrected chi connectivity index (χ0v) is 10.9. The molecule has 18 heavy (non-hydrogen) atoms. The van der Waals surface area contributed by atoms with E-state index in [1.54, 1.807) is 12.1 Å². The summed E-state index contributed by atoms with van der Waals surface area (Å²) in [7, 11) is 0. The van der Waals surface area contributed by atoms with E-state index in [0.29, 0.717) is 23.5 Å². The fourth-order valence-electron chi connectivity index (χ4n) is 2.09. The Morgan fingerprint density at radius 1 is 1.39 bits per heavy atom. The molecular formula is C13H20N4O. The lowest BCUT2D eigenvalue weighted by molar-refractivity contribution is 0.0943. The highest BCUT2D eigenvalue weighted by atomic mass is 16.2. The third-order valence-corrected chi connectivity index (χ3v) is 3.15. The first-order chi connectivity index (χ1) is 8.74. The number of nitrogens with one attached hydrogen (secondary N) is 2. The zero-order valence-electron chi connectivity index (χ0n) is 10.9. The minimum atomic E-state index is -0.117. The van der Waals surface area contributed by atoms with Gasteiger partial charge in [0.15, 0.2) is 5.69 Å². The van der Waals surface area contributed by atoms with Crippen LogP contribution in [-0.2, 0) is 0 Å². The highest BCUT2D eigenvalue weighted by Crippen LogP contribution is 2.34. The van der Waals surface area contributed by atoms with E-state index in [-0.39, 0.29) is 5.91 Å². The lowest BCUT2D eigenvalue weighted by Gasteiger charge is -2.04. The minimum Gasteiger partial charge on any atom is -0.369 e. The Kier molecular flexibility index (Phi) is 4.12. The summed E-state index contributed by atoms with van der Waals surface area (Å²) in [6, 6.07) is 3.83. The summed E-state index contributed by atoms with van der Waals surface area (Å²) in [6.07, 6.45) is 3.46. The molecule has 1 heterocycles. The Hall–Kier alpha value is -1.65. The molecule has 1 saturated carbocycles. The maximum atomic E-state index is 11.9. The van der Waals surface area contributed by atoms with Crippen LogP contribution in [0.15, 0.2) is 12.1 Å². The van der Waals surface area contributed by atoms with Crippen molar-refractivity contribution in [2.45, 2.75) is 39.2 Å². The van der Waals surface area contributed by atoms with Gasteiger partial charge in [0.1, 0.15) is 5.82 Å². The number of hydrogen-bond donors (Lipinski definition) is 2. The van der Waals surface area contributed by atoms with E-state index < -0.39 is 0 Å². The van der Waals surface area contributed by atoms with Crippen molar-refractivity contribution in [1.29, 1.82) is 0 Å². The van der Waals surface area contributed by atoms with E-state index in [2.05, 4.69) is 27.8 Å². The molecule has 0 radical (unpaired) electrons. The predicted molar refractivity (Wildman–Crippen MR) is 70.5 cm³/mol. The van der Waals surface area contributed by atoms with Crippen molar-refractivity contribution in [2.24, 2.45) is 5.92 Å². The Bertz CT molecular complexity index is 404. The van der Waals surface area contributed by atoms with Crippen molar-refractivity contribution < 1.29 is 4.79 Å². The summed E-state index contributed by atoms with van der Waals surface area (Å²) in [5.74, 6) is 1.24. The first-order valence-electron chi connectivity index (χ1n) is 6.63. The van der Waals surface area contributed by atoms with Crippen LogP contribution in [0.25, 0.3) is 0 Å². The SMILES string of the molecule is CCCC1CC1NC(=O)c1ccc(NCC)nn1. The van der Waals surface area contributed by atoms with Gasteiger partial charge >= 0.3 is 0 Å². The molecular weight excluding hydrogens is 228 g/mol. The van der Waals surface area contributed by atoms with Crippen molar-refractivity contribution in [3.63, 3.8) is 0 Å². The molecule has 0 aliphatic heterocycles. The first-order valence-corrected chi connectivity index (χ1v) is 6.63. The van der Waals surface area contributed by atoms with Gasteiger partial charge in [0.25, 0.3) is 5.91 Å². The van der Waals surface area contributed by atoms with Gasteiger partial charge in [-0.25, -0.2) is 0 Å². The molecule has 5 heteroatoms. The second-order valence-electron chi connectivity index (χ2n) is 4.70. The fraction of sp³-hybridized carbons (Fsp3) is 0.615. The molecule has 0 bridgehead atoms. The molecule has 5 nitrogen and oxygen atoms in total. The van der Waals surface area contributed by atoms with Crippen molar-refractivity contribution in [2.75, 3.05) is 11.9 Å². The average Bonchev–Trinajstić information content (AvgIpc) is 3.09. The fourth-order valence-corrected chi connectivity index (χ4v) is 2.09. The van der Waals surface area contributed by atoms with Gasteiger partial charge in [0.05, 0.1) is 0 Å². The highest BCUT2D eigenvalue weighted by Gasteiger charge is 2.37. The van der Waals surface area contributed by atoms with Gasteiger partial charge in [-0.05, 0) is 37.8 Å². The number of anilines is 1. The molecule has 0 aromatic carbocycles.